The van der Waals surface area contributed by atoms with E-state index in [4.69, 9.17) is 4.74 Å². The molecule has 2 aromatic carbocycles. The van der Waals surface area contributed by atoms with Crippen LogP contribution in [0, 0.1) is 13.8 Å². The second-order valence-corrected chi connectivity index (χ2v) is 7.04. The van der Waals surface area contributed by atoms with Gasteiger partial charge < -0.3 is 10.1 Å². The summed E-state index contributed by atoms with van der Waals surface area (Å²) in [7, 11) is 1.68. The Morgan fingerprint density at radius 2 is 1.75 bits per heavy atom. The van der Waals surface area contributed by atoms with Gasteiger partial charge in [0.05, 0.1) is 6.61 Å². The summed E-state index contributed by atoms with van der Waals surface area (Å²) in [5.74, 6) is 0.883. The molecule has 0 unspecified atom stereocenters. The number of hydrogen-bond donors (Lipinski definition) is 1. The van der Waals surface area contributed by atoms with Gasteiger partial charge in [-0.05, 0) is 48.2 Å². The van der Waals surface area contributed by atoms with E-state index in [2.05, 4.69) is 37.4 Å². The molecule has 2 aromatic rings. The quantitative estimate of drug-likeness (QED) is 0.728. The SMILES string of the molecule is COCc1ccc(CNC(=O)CCSc2ccc(C)c(C)c2)cc1. The normalized spacial score (nSPS) is 10.6. The van der Waals surface area contributed by atoms with Crippen molar-refractivity contribution in [1.82, 2.24) is 5.32 Å². The average Bonchev–Trinajstić information content (AvgIpc) is 2.58. The van der Waals surface area contributed by atoms with Crippen LogP contribution >= 0.6 is 11.8 Å². The van der Waals surface area contributed by atoms with E-state index >= 15 is 0 Å². The zero-order chi connectivity index (χ0) is 17.4. The van der Waals surface area contributed by atoms with Gasteiger partial charge in [-0.15, -0.1) is 11.8 Å². The molecular formula is C20H25NO2S. The lowest BCUT2D eigenvalue weighted by atomic mass is 10.1. The largest absolute Gasteiger partial charge is 0.380 e. The van der Waals surface area contributed by atoms with Crippen LogP contribution in [0.4, 0.5) is 0 Å². The Bertz CT molecular complexity index is 668. The van der Waals surface area contributed by atoms with Crippen molar-refractivity contribution in [2.45, 2.75) is 38.3 Å². The lowest BCUT2D eigenvalue weighted by Crippen LogP contribution is -2.22. The predicted octanol–water partition coefficient (Wildman–Crippen LogP) is 4.25. The fourth-order valence-corrected chi connectivity index (χ4v) is 3.22. The first kappa shape index (κ1) is 18.6. The molecule has 0 aliphatic carbocycles. The standard InChI is InChI=1S/C20H25NO2S/c1-15-4-9-19(12-16(15)2)24-11-10-20(22)21-13-17-5-7-18(8-6-17)14-23-3/h4-9,12H,10-11,13-14H2,1-3H3,(H,21,22). The fourth-order valence-electron chi connectivity index (χ4n) is 2.27. The third kappa shape index (κ3) is 6.02. The van der Waals surface area contributed by atoms with Gasteiger partial charge in [-0.2, -0.15) is 0 Å². The van der Waals surface area contributed by atoms with E-state index in [-0.39, 0.29) is 5.91 Å². The summed E-state index contributed by atoms with van der Waals surface area (Å²) >= 11 is 1.73. The molecule has 0 saturated heterocycles. The number of methoxy groups -OCH3 is 1. The molecule has 0 saturated carbocycles. The molecule has 0 fully saturated rings. The Labute approximate surface area is 148 Å². The lowest BCUT2D eigenvalue weighted by Gasteiger charge is -2.07. The van der Waals surface area contributed by atoms with Crippen LogP contribution in [0.2, 0.25) is 0 Å². The van der Waals surface area contributed by atoms with Gasteiger partial charge in [-0.1, -0.05) is 30.3 Å². The summed E-state index contributed by atoms with van der Waals surface area (Å²) in [6.07, 6.45) is 0.527. The van der Waals surface area contributed by atoms with Gasteiger partial charge in [-0.3, -0.25) is 4.79 Å². The summed E-state index contributed by atoms with van der Waals surface area (Å²) in [6, 6.07) is 14.5. The first-order chi connectivity index (χ1) is 11.6. The number of thioether (sulfide) groups is 1. The third-order valence-electron chi connectivity index (χ3n) is 3.90. The number of amides is 1. The summed E-state index contributed by atoms with van der Waals surface area (Å²) in [5.41, 5.74) is 4.83. The highest BCUT2D eigenvalue weighted by atomic mass is 32.2. The minimum Gasteiger partial charge on any atom is -0.380 e. The molecule has 0 spiro atoms. The second kappa shape index (κ2) is 9.50. The first-order valence-corrected chi connectivity index (χ1v) is 9.10. The highest BCUT2D eigenvalue weighted by molar-refractivity contribution is 7.99. The van der Waals surface area contributed by atoms with Crippen LogP contribution in [0.15, 0.2) is 47.4 Å². The molecule has 0 aliphatic heterocycles. The Kier molecular flexibility index (Phi) is 7.35. The van der Waals surface area contributed by atoms with Crippen molar-refractivity contribution in [3.63, 3.8) is 0 Å². The Morgan fingerprint density at radius 1 is 1.04 bits per heavy atom. The van der Waals surface area contributed by atoms with Crippen molar-refractivity contribution in [2.75, 3.05) is 12.9 Å². The van der Waals surface area contributed by atoms with Crippen LogP contribution < -0.4 is 5.32 Å². The second-order valence-electron chi connectivity index (χ2n) is 5.87. The molecule has 3 nitrogen and oxygen atoms in total. The molecule has 4 heteroatoms. The number of ether oxygens (including phenoxy) is 1. The number of hydrogen-bond acceptors (Lipinski definition) is 3. The molecule has 0 bridgehead atoms. The van der Waals surface area contributed by atoms with Crippen LogP contribution in [0.5, 0.6) is 0 Å². The van der Waals surface area contributed by atoms with Gasteiger partial charge in [0.2, 0.25) is 5.91 Å². The van der Waals surface area contributed by atoms with Gasteiger partial charge in [0.15, 0.2) is 0 Å². The van der Waals surface area contributed by atoms with Crippen LogP contribution in [0.3, 0.4) is 0 Å². The number of carbonyl (C=O) groups is 1. The number of rotatable bonds is 8. The highest BCUT2D eigenvalue weighted by Gasteiger charge is 2.03. The van der Waals surface area contributed by atoms with E-state index in [9.17, 15) is 4.79 Å². The molecule has 24 heavy (non-hydrogen) atoms. The summed E-state index contributed by atoms with van der Waals surface area (Å²) in [5, 5.41) is 2.97. The van der Waals surface area contributed by atoms with E-state index in [1.54, 1.807) is 18.9 Å². The predicted molar refractivity (Wildman–Crippen MR) is 100 cm³/mol. The van der Waals surface area contributed by atoms with Crippen molar-refractivity contribution in [2.24, 2.45) is 0 Å². The third-order valence-corrected chi connectivity index (χ3v) is 4.90. The van der Waals surface area contributed by atoms with Gasteiger partial charge >= 0.3 is 0 Å². The zero-order valence-electron chi connectivity index (χ0n) is 14.6. The molecule has 0 heterocycles. The van der Waals surface area contributed by atoms with E-state index in [1.807, 2.05) is 24.3 Å². The Balaban J connectivity index is 1.70. The van der Waals surface area contributed by atoms with E-state index in [0.717, 1.165) is 16.9 Å². The first-order valence-electron chi connectivity index (χ1n) is 8.12. The summed E-state index contributed by atoms with van der Waals surface area (Å²) < 4.78 is 5.09. The number of nitrogens with one attached hydrogen (secondary N) is 1. The summed E-state index contributed by atoms with van der Waals surface area (Å²) in [4.78, 5) is 13.2. The van der Waals surface area contributed by atoms with Crippen molar-refractivity contribution >= 4 is 17.7 Å². The topological polar surface area (TPSA) is 38.3 Å². The van der Waals surface area contributed by atoms with Crippen LogP contribution in [0.1, 0.15) is 28.7 Å². The molecule has 0 radical (unpaired) electrons. The molecule has 2 rings (SSSR count). The van der Waals surface area contributed by atoms with E-state index < -0.39 is 0 Å². The van der Waals surface area contributed by atoms with Gasteiger partial charge in [0.1, 0.15) is 0 Å². The molecule has 128 valence electrons. The minimum atomic E-state index is 0.0901. The zero-order valence-corrected chi connectivity index (χ0v) is 15.4. The van der Waals surface area contributed by atoms with Crippen molar-refractivity contribution in [3.8, 4) is 0 Å². The molecule has 1 N–H and O–H groups in total. The molecule has 0 aromatic heterocycles. The maximum atomic E-state index is 12.0. The Hall–Kier alpha value is -1.78. The molecular weight excluding hydrogens is 318 g/mol. The summed E-state index contributed by atoms with van der Waals surface area (Å²) in [6.45, 7) is 5.41. The maximum Gasteiger partial charge on any atom is 0.221 e. The number of benzene rings is 2. The lowest BCUT2D eigenvalue weighted by molar-refractivity contribution is -0.120. The molecule has 0 atom stereocenters. The number of aryl methyl sites for hydroxylation is 2. The van der Waals surface area contributed by atoms with Crippen LogP contribution in [0.25, 0.3) is 0 Å². The minimum absolute atomic E-state index is 0.0901. The average molecular weight is 343 g/mol. The molecule has 1 amide bonds. The fraction of sp³-hybridized carbons (Fsp3) is 0.350. The smallest absolute Gasteiger partial charge is 0.221 e. The van der Waals surface area contributed by atoms with Gasteiger partial charge in [-0.25, -0.2) is 0 Å². The van der Waals surface area contributed by atoms with Crippen molar-refractivity contribution in [1.29, 1.82) is 0 Å². The highest BCUT2D eigenvalue weighted by Crippen LogP contribution is 2.21. The van der Waals surface area contributed by atoms with E-state index in [1.165, 1.54) is 16.0 Å². The van der Waals surface area contributed by atoms with Crippen LogP contribution in [-0.4, -0.2) is 18.8 Å². The Morgan fingerprint density at radius 3 is 2.42 bits per heavy atom. The monoisotopic (exact) mass is 343 g/mol. The van der Waals surface area contributed by atoms with Gasteiger partial charge in [0, 0.05) is 30.7 Å². The van der Waals surface area contributed by atoms with Crippen molar-refractivity contribution in [3.05, 3.63) is 64.7 Å². The van der Waals surface area contributed by atoms with Crippen LogP contribution in [-0.2, 0) is 22.7 Å². The molecule has 0 aliphatic rings. The van der Waals surface area contributed by atoms with Gasteiger partial charge in [0.25, 0.3) is 0 Å². The number of carbonyl (C=O) groups excluding carboxylic acids is 1. The van der Waals surface area contributed by atoms with E-state index in [0.29, 0.717) is 19.6 Å². The maximum absolute atomic E-state index is 12.0. The van der Waals surface area contributed by atoms with Crippen molar-refractivity contribution < 1.29 is 9.53 Å².